The first-order valence-corrected chi connectivity index (χ1v) is 7.99. The van der Waals surface area contributed by atoms with Crippen LogP contribution < -0.4 is 10.6 Å². The van der Waals surface area contributed by atoms with Crippen molar-refractivity contribution >= 4 is 12.0 Å². The van der Waals surface area contributed by atoms with Crippen molar-refractivity contribution in [3.05, 3.63) is 48.6 Å². The number of methoxy groups -OCH3 is 1. The summed E-state index contributed by atoms with van der Waals surface area (Å²) in [5, 5.41) is 5.54. The zero-order valence-electron chi connectivity index (χ0n) is 14.1. The van der Waals surface area contributed by atoms with Gasteiger partial charge >= 0.3 is 6.09 Å². The van der Waals surface area contributed by atoms with Gasteiger partial charge in [0.2, 0.25) is 5.91 Å². The predicted molar refractivity (Wildman–Crippen MR) is 92.9 cm³/mol. The van der Waals surface area contributed by atoms with Crippen LogP contribution in [0, 0.1) is 0 Å². The van der Waals surface area contributed by atoms with Crippen molar-refractivity contribution < 1.29 is 19.1 Å². The number of ether oxygens (including phenoxy) is 2. The topological polar surface area (TPSA) is 76.7 Å². The van der Waals surface area contributed by atoms with Gasteiger partial charge in [-0.15, -0.1) is 0 Å². The Hall–Kier alpha value is -2.34. The summed E-state index contributed by atoms with van der Waals surface area (Å²) < 4.78 is 9.67. The zero-order valence-corrected chi connectivity index (χ0v) is 14.1. The number of alkyl carbamates (subject to hydrolysis) is 1. The lowest BCUT2D eigenvalue weighted by Gasteiger charge is -2.18. The number of hydrogen-bond acceptors (Lipinski definition) is 4. The highest BCUT2D eigenvalue weighted by Gasteiger charge is 2.12. The van der Waals surface area contributed by atoms with Gasteiger partial charge in [-0.2, -0.15) is 0 Å². The van der Waals surface area contributed by atoms with Gasteiger partial charge in [0.1, 0.15) is 13.2 Å². The quantitative estimate of drug-likeness (QED) is 0.609. The first-order chi connectivity index (χ1) is 11.7. The van der Waals surface area contributed by atoms with Gasteiger partial charge in [0, 0.05) is 20.2 Å². The minimum atomic E-state index is -0.449. The highest BCUT2D eigenvalue weighted by Crippen LogP contribution is 2.22. The second-order valence-corrected chi connectivity index (χ2v) is 5.28. The zero-order chi connectivity index (χ0) is 17.6. The fourth-order valence-electron chi connectivity index (χ4n) is 2.30. The highest BCUT2D eigenvalue weighted by molar-refractivity contribution is 5.77. The predicted octanol–water partition coefficient (Wildman–Crippen LogP) is 2.23. The maximum Gasteiger partial charge on any atom is 0.407 e. The average molecular weight is 334 g/mol. The number of nitrogens with one attached hydrogen (secondary N) is 2. The van der Waals surface area contributed by atoms with Crippen molar-refractivity contribution in [1.29, 1.82) is 0 Å². The van der Waals surface area contributed by atoms with Crippen LogP contribution in [0.1, 0.15) is 24.3 Å². The maximum absolute atomic E-state index is 11.4. The van der Waals surface area contributed by atoms with E-state index in [1.165, 1.54) is 18.7 Å². The van der Waals surface area contributed by atoms with E-state index in [2.05, 4.69) is 29.3 Å². The molecule has 6 heteroatoms. The van der Waals surface area contributed by atoms with Gasteiger partial charge < -0.3 is 20.1 Å². The molecule has 132 valence electrons. The Morgan fingerprint density at radius 2 is 1.83 bits per heavy atom. The maximum atomic E-state index is 11.4. The van der Waals surface area contributed by atoms with Gasteiger partial charge in [0.25, 0.3) is 0 Å². The monoisotopic (exact) mass is 334 g/mol. The van der Waals surface area contributed by atoms with Crippen molar-refractivity contribution in [1.82, 2.24) is 10.6 Å². The molecule has 0 aromatic heterocycles. The van der Waals surface area contributed by atoms with Gasteiger partial charge in [0.15, 0.2) is 0 Å². The smallest absolute Gasteiger partial charge is 0.407 e. The highest BCUT2D eigenvalue weighted by atomic mass is 16.5. The number of amides is 2. The molecule has 0 aliphatic carbocycles. The minimum Gasteiger partial charge on any atom is -0.445 e. The van der Waals surface area contributed by atoms with E-state index in [1.54, 1.807) is 0 Å². The van der Waals surface area contributed by atoms with Crippen LogP contribution in [0.25, 0.3) is 0 Å². The Morgan fingerprint density at radius 3 is 2.46 bits per heavy atom. The Morgan fingerprint density at radius 1 is 1.17 bits per heavy atom. The third-order valence-electron chi connectivity index (χ3n) is 3.46. The minimum absolute atomic E-state index is 0.0622. The summed E-state index contributed by atoms with van der Waals surface area (Å²) in [5.41, 5.74) is 1.18. The summed E-state index contributed by atoms with van der Waals surface area (Å²) in [6.07, 6.45) is 2.61. The Labute approximate surface area is 143 Å². The molecule has 0 spiro atoms. The summed E-state index contributed by atoms with van der Waals surface area (Å²) in [4.78, 5) is 22.9. The summed E-state index contributed by atoms with van der Waals surface area (Å²) >= 11 is 0. The lowest BCUT2D eigenvalue weighted by molar-refractivity contribution is -0.124. The van der Waals surface area contributed by atoms with Crippen molar-refractivity contribution in [3.63, 3.8) is 0 Å². The summed E-state index contributed by atoms with van der Waals surface area (Å²) in [6.45, 7) is 4.81. The van der Waals surface area contributed by atoms with Gasteiger partial charge in [-0.1, -0.05) is 43.0 Å². The van der Waals surface area contributed by atoms with E-state index < -0.39 is 6.09 Å². The summed E-state index contributed by atoms with van der Waals surface area (Å²) in [5.74, 6) is 0.101. The summed E-state index contributed by atoms with van der Waals surface area (Å²) in [7, 11) is 1.49. The lowest BCUT2D eigenvalue weighted by Crippen LogP contribution is -2.30. The van der Waals surface area contributed by atoms with E-state index in [0.717, 1.165) is 12.8 Å². The molecule has 6 nitrogen and oxygen atoms in total. The fraction of sp³-hybridized carbons (Fsp3) is 0.444. The molecule has 24 heavy (non-hydrogen) atoms. The second-order valence-electron chi connectivity index (χ2n) is 5.28. The molecule has 0 heterocycles. The molecule has 0 radical (unpaired) electrons. The third-order valence-corrected chi connectivity index (χ3v) is 3.46. The van der Waals surface area contributed by atoms with Crippen molar-refractivity contribution in [2.24, 2.45) is 0 Å². The van der Waals surface area contributed by atoms with Crippen LogP contribution in [0.2, 0.25) is 0 Å². The third kappa shape index (κ3) is 8.33. The number of benzene rings is 1. The fourth-order valence-corrected chi connectivity index (χ4v) is 2.30. The normalized spacial score (nSPS) is 11.4. The van der Waals surface area contributed by atoms with E-state index in [4.69, 9.17) is 9.47 Å². The molecule has 1 atom stereocenters. The van der Waals surface area contributed by atoms with Crippen LogP contribution in [0.5, 0.6) is 0 Å². The molecule has 0 saturated carbocycles. The lowest BCUT2D eigenvalue weighted by atomic mass is 9.92. The largest absolute Gasteiger partial charge is 0.445 e. The number of rotatable bonds is 11. The molecule has 1 rings (SSSR count). The van der Waals surface area contributed by atoms with Crippen molar-refractivity contribution in [2.45, 2.75) is 18.8 Å². The second kappa shape index (κ2) is 12.1. The molecule has 2 amide bonds. The molecule has 0 saturated heterocycles. The van der Waals surface area contributed by atoms with Crippen molar-refractivity contribution in [3.8, 4) is 0 Å². The van der Waals surface area contributed by atoms with Crippen LogP contribution in [0.4, 0.5) is 4.79 Å². The van der Waals surface area contributed by atoms with Crippen molar-refractivity contribution in [2.75, 3.05) is 33.4 Å². The first-order valence-electron chi connectivity index (χ1n) is 7.99. The Bertz CT molecular complexity index is 505. The summed E-state index contributed by atoms with van der Waals surface area (Å²) in [6, 6.07) is 10.0. The van der Waals surface area contributed by atoms with E-state index >= 15 is 0 Å². The average Bonchev–Trinajstić information content (AvgIpc) is 2.59. The SMILES string of the molecule is C=CCOC(=O)NCC[C@@H](CCNC(=O)COC)c1ccccc1. The first kappa shape index (κ1) is 19.7. The van der Waals surface area contributed by atoms with Gasteiger partial charge in [-0.25, -0.2) is 4.79 Å². The van der Waals surface area contributed by atoms with Gasteiger partial charge in [-0.05, 0) is 24.3 Å². The Balaban J connectivity index is 2.45. The molecular weight excluding hydrogens is 308 g/mol. The van der Waals surface area contributed by atoms with Crippen LogP contribution in [-0.4, -0.2) is 45.4 Å². The number of carbonyl (C=O) groups is 2. The molecule has 1 aromatic carbocycles. The molecule has 1 aromatic rings. The molecular formula is C18H26N2O4. The number of carbonyl (C=O) groups excluding carboxylic acids is 2. The van der Waals surface area contributed by atoms with Crippen LogP contribution in [0.3, 0.4) is 0 Å². The molecule has 0 fully saturated rings. The van der Waals surface area contributed by atoms with Gasteiger partial charge in [0.05, 0.1) is 0 Å². The molecule has 0 aliphatic heterocycles. The van der Waals surface area contributed by atoms with E-state index in [1.807, 2.05) is 18.2 Å². The Kier molecular flexibility index (Phi) is 9.96. The molecule has 0 aliphatic rings. The van der Waals surface area contributed by atoms with Crippen LogP contribution >= 0.6 is 0 Å². The van der Waals surface area contributed by atoms with Crippen LogP contribution in [0.15, 0.2) is 43.0 Å². The van der Waals surface area contributed by atoms with E-state index in [-0.39, 0.29) is 25.0 Å². The van der Waals surface area contributed by atoms with E-state index in [9.17, 15) is 9.59 Å². The molecule has 2 N–H and O–H groups in total. The molecule has 0 bridgehead atoms. The standard InChI is InChI=1S/C18H26N2O4/c1-3-13-24-18(22)20-12-10-16(15-7-5-4-6-8-15)9-11-19-17(21)14-23-2/h3-8,16H,1,9-14H2,2H3,(H,19,21)(H,20,22)/t16-/m1/s1. The van der Waals surface area contributed by atoms with E-state index in [0.29, 0.717) is 13.1 Å². The van der Waals surface area contributed by atoms with Crippen LogP contribution in [-0.2, 0) is 14.3 Å². The van der Waals surface area contributed by atoms with Gasteiger partial charge in [-0.3, -0.25) is 4.79 Å². The molecule has 0 unspecified atom stereocenters. The number of hydrogen-bond donors (Lipinski definition) is 2.